The number of nitrogens with two attached hydrogens (primary N) is 1. The van der Waals surface area contributed by atoms with Crippen LogP contribution in [0.1, 0.15) is 31.0 Å². The zero-order chi connectivity index (χ0) is 14.2. The van der Waals surface area contributed by atoms with E-state index in [1.165, 1.54) is 16.8 Å². The van der Waals surface area contributed by atoms with Crippen molar-refractivity contribution in [2.24, 2.45) is 5.73 Å². The van der Waals surface area contributed by atoms with Gasteiger partial charge in [0.05, 0.1) is 6.61 Å². The van der Waals surface area contributed by atoms with Crippen LogP contribution in [0.3, 0.4) is 0 Å². The summed E-state index contributed by atoms with van der Waals surface area (Å²) in [5, 5.41) is 9.63. The lowest BCUT2D eigenvalue weighted by Gasteiger charge is -2.38. The van der Waals surface area contributed by atoms with E-state index >= 15 is 0 Å². The number of hydrogen-bond acceptors (Lipinski definition) is 4. The second-order valence-electron chi connectivity index (χ2n) is 6.09. The van der Waals surface area contributed by atoms with Crippen molar-refractivity contribution in [3.8, 4) is 0 Å². The van der Waals surface area contributed by atoms with Crippen molar-refractivity contribution < 1.29 is 5.11 Å². The second-order valence-corrected chi connectivity index (χ2v) is 6.09. The molecule has 0 aromatic heterocycles. The van der Waals surface area contributed by atoms with Crippen molar-refractivity contribution in [3.05, 3.63) is 29.3 Å². The molecule has 4 heteroatoms. The summed E-state index contributed by atoms with van der Waals surface area (Å²) in [7, 11) is 4.12. The van der Waals surface area contributed by atoms with Gasteiger partial charge in [-0.2, -0.15) is 0 Å². The van der Waals surface area contributed by atoms with Gasteiger partial charge in [-0.3, -0.25) is 4.90 Å². The minimum atomic E-state index is -0.257. The number of aliphatic hydroxyl groups is 1. The lowest BCUT2D eigenvalue weighted by atomic mass is 10.0. The molecule has 1 atom stereocenters. The average Bonchev–Trinajstić information content (AvgIpc) is 2.77. The number of rotatable bonds is 4. The van der Waals surface area contributed by atoms with Crippen LogP contribution in [-0.2, 0) is 6.54 Å². The molecule has 0 aliphatic carbocycles. The Labute approximate surface area is 115 Å². The van der Waals surface area contributed by atoms with Gasteiger partial charge in [0.2, 0.25) is 0 Å². The zero-order valence-electron chi connectivity index (χ0n) is 12.3. The molecule has 19 heavy (non-hydrogen) atoms. The number of benzene rings is 1. The maximum absolute atomic E-state index is 9.63. The molecule has 4 nitrogen and oxygen atoms in total. The fraction of sp³-hybridized carbons (Fsp3) is 0.600. The second kappa shape index (κ2) is 5.12. The molecule has 1 aromatic rings. The monoisotopic (exact) mass is 263 g/mol. The molecule has 1 aliphatic rings. The molecule has 1 unspecified atom stereocenters. The van der Waals surface area contributed by atoms with E-state index in [0.29, 0.717) is 6.54 Å². The predicted molar refractivity (Wildman–Crippen MR) is 79.3 cm³/mol. The van der Waals surface area contributed by atoms with Crippen molar-refractivity contribution in [3.63, 3.8) is 0 Å². The van der Waals surface area contributed by atoms with Crippen LogP contribution < -0.4 is 10.6 Å². The highest BCUT2D eigenvalue weighted by Crippen LogP contribution is 2.41. The molecular weight excluding hydrogens is 238 g/mol. The van der Waals surface area contributed by atoms with E-state index in [9.17, 15) is 5.11 Å². The smallest absolute Gasteiger partial charge is 0.0610 e. The molecule has 0 amide bonds. The number of hydrogen-bond donors (Lipinski definition) is 2. The van der Waals surface area contributed by atoms with Gasteiger partial charge in [-0.1, -0.05) is 12.1 Å². The molecule has 1 aliphatic heterocycles. The van der Waals surface area contributed by atoms with E-state index in [1.807, 2.05) is 0 Å². The molecule has 2 rings (SSSR count). The van der Waals surface area contributed by atoms with Gasteiger partial charge in [-0.05, 0) is 31.0 Å². The summed E-state index contributed by atoms with van der Waals surface area (Å²) in [6.07, 6.45) is 0. The Morgan fingerprint density at radius 3 is 2.63 bits per heavy atom. The van der Waals surface area contributed by atoms with E-state index in [2.05, 4.69) is 55.9 Å². The molecule has 1 aromatic carbocycles. The quantitative estimate of drug-likeness (QED) is 0.861. The Bertz CT molecular complexity index is 457. The van der Waals surface area contributed by atoms with Crippen LogP contribution in [0.5, 0.6) is 0 Å². The summed E-state index contributed by atoms with van der Waals surface area (Å²) >= 11 is 0. The largest absolute Gasteiger partial charge is 0.394 e. The molecule has 0 fully saturated rings. The first-order valence-corrected chi connectivity index (χ1v) is 6.79. The standard InChI is InChI=1S/C15H25N3O/c1-15(2,10-19)18-9-12-11(14(18)8-16)6-5-7-13(12)17(3)4/h5-7,14,19H,8-10,16H2,1-4H3. The Kier molecular flexibility index (Phi) is 3.85. The normalized spacial score (nSPS) is 19.6. The van der Waals surface area contributed by atoms with Crippen LogP contribution in [-0.4, -0.2) is 42.8 Å². The average molecular weight is 263 g/mol. The SMILES string of the molecule is CN(C)c1cccc2c1CN(C(C)(C)CO)C2CN. The van der Waals surface area contributed by atoms with Crippen LogP contribution in [0.2, 0.25) is 0 Å². The summed E-state index contributed by atoms with van der Waals surface area (Å²) in [6, 6.07) is 6.58. The van der Waals surface area contributed by atoms with Gasteiger partial charge in [0.1, 0.15) is 0 Å². The van der Waals surface area contributed by atoms with E-state index in [1.54, 1.807) is 0 Å². The number of anilines is 1. The Hall–Kier alpha value is -1.10. The lowest BCUT2D eigenvalue weighted by molar-refractivity contribution is 0.0293. The summed E-state index contributed by atoms with van der Waals surface area (Å²) in [4.78, 5) is 4.45. The third kappa shape index (κ3) is 2.36. The van der Waals surface area contributed by atoms with Gasteiger partial charge in [0, 0.05) is 44.5 Å². The zero-order valence-corrected chi connectivity index (χ0v) is 12.3. The number of aliphatic hydroxyl groups excluding tert-OH is 1. The van der Waals surface area contributed by atoms with E-state index in [0.717, 1.165) is 6.54 Å². The van der Waals surface area contributed by atoms with Gasteiger partial charge in [-0.25, -0.2) is 0 Å². The first-order valence-electron chi connectivity index (χ1n) is 6.79. The summed E-state index contributed by atoms with van der Waals surface area (Å²) < 4.78 is 0. The third-order valence-electron chi connectivity index (χ3n) is 4.12. The molecule has 0 saturated carbocycles. The van der Waals surface area contributed by atoms with Crippen molar-refractivity contribution in [2.75, 3.05) is 32.1 Å². The van der Waals surface area contributed by atoms with Crippen molar-refractivity contribution in [1.82, 2.24) is 4.90 Å². The molecule has 0 spiro atoms. The highest BCUT2D eigenvalue weighted by Gasteiger charge is 2.39. The highest BCUT2D eigenvalue weighted by molar-refractivity contribution is 5.58. The third-order valence-corrected chi connectivity index (χ3v) is 4.12. The van der Waals surface area contributed by atoms with E-state index in [-0.39, 0.29) is 18.2 Å². The predicted octanol–water partition coefficient (Wildman–Crippen LogP) is 1.34. The summed E-state index contributed by atoms with van der Waals surface area (Å²) in [6.45, 7) is 5.69. The topological polar surface area (TPSA) is 52.7 Å². The molecule has 0 saturated heterocycles. The van der Waals surface area contributed by atoms with Crippen LogP contribution in [0.15, 0.2) is 18.2 Å². The minimum absolute atomic E-state index is 0.134. The van der Waals surface area contributed by atoms with Gasteiger partial charge in [0.15, 0.2) is 0 Å². The fourth-order valence-electron chi connectivity index (χ4n) is 2.92. The van der Waals surface area contributed by atoms with Crippen LogP contribution >= 0.6 is 0 Å². The van der Waals surface area contributed by atoms with Gasteiger partial charge < -0.3 is 15.7 Å². The first kappa shape index (κ1) is 14.3. The molecule has 106 valence electrons. The Morgan fingerprint density at radius 1 is 1.42 bits per heavy atom. The fourth-order valence-corrected chi connectivity index (χ4v) is 2.92. The van der Waals surface area contributed by atoms with E-state index in [4.69, 9.17) is 5.73 Å². The summed E-state index contributed by atoms with van der Waals surface area (Å²) in [5.41, 5.74) is 9.60. The molecule has 3 N–H and O–H groups in total. The van der Waals surface area contributed by atoms with Crippen molar-refractivity contribution in [2.45, 2.75) is 32.0 Å². The first-order chi connectivity index (χ1) is 8.92. The lowest BCUT2D eigenvalue weighted by Crippen LogP contribution is -2.47. The Balaban J connectivity index is 2.45. The molecule has 0 radical (unpaired) electrons. The van der Waals surface area contributed by atoms with Crippen LogP contribution in [0.25, 0.3) is 0 Å². The summed E-state index contributed by atoms with van der Waals surface area (Å²) in [5.74, 6) is 0. The van der Waals surface area contributed by atoms with Gasteiger partial charge in [-0.15, -0.1) is 0 Å². The van der Waals surface area contributed by atoms with Crippen LogP contribution in [0.4, 0.5) is 5.69 Å². The van der Waals surface area contributed by atoms with Gasteiger partial charge in [0.25, 0.3) is 0 Å². The van der Waals surface area contributed by atoms with Crippen LogP contribution in [0, 0.1) is 0 Å². The van der Waals surface area contributed by atoms with E-state index < -0.39 is 0 Å². The number of nitrogens with zero attached hydrogens (tertiary/aromatic N) is 2. The Morgan fingerprint density at radius 2 is 2.11 bits per heavy atom. The maximum atomic E-state index is 9.63. The van der Waals surface area contributed by atoms with Gasteiger partial charge >= 0.3 is 0 Å². The minimum Gasteiger partial charge on any atom is -0.394 e. The highest BCUT2D eigenvalue weighted by atomic mass is 16.3. The van der Waals surface area contributed by atoms with Crippen molar-refractivity contribution in [1.29, 1.82) is 0 Å². The maximum Gasteiger partial charge on any atom is 0.0610 e. The molecule has 0 bridgehead atoms. The molecular formula is C15H25N3O. The number of fused-ring (bicyclic) bond motifs is 1. The molecule has 1 heterocycles. The van der Waals surface area contributed by atoms with Crippen molar-refractivity contribution >= 4 is 5.69 Å².